The molecule has 3 fully saturated rings. The second kappa shape index (κ2) is 14.0. The number of halogens is 2. The van der Waals surface area contributed by atoms with Gasteiger partial charge >= 0.3 is 0 Å². The Morgan fingerprint density at radius 2 is 1.31 bits per heavy atom. The van der Waals surface area contributed by atoms with Gasteiger partial charge in [0.25, 0.3) is 0 Å². The van der Waals surface area contributed by atoms with E-state index in [1.54, 1.807) is 19.1 Å². The summed E-state index contributed by atoms with van der Waals surface area (Å²) in [5.41, 5.74) is 0.554. The summed E-state index contributed by atoms with van der Waals surface area (Å²) in [7, 11) is 0. The Morgan fingerprint density at radius 1 is 0.722 bits per heavy atom. The average molecular weight is 501 g/mol. The lowest BCUT2D eigenvalue weighted by Gasteiger charge is -2.37. The molecule has 0 unspecified atom stereocenters. The Labute approximate surface area is 219 Å². The van der Waals surface area contributed by atoms with E-state index in [1.165, 1.54) is 77.0 Å². The van der Waals surface area contributed by atoms with Crippen LogP contribution in [-0.4, -0.2) is 6.61 Å². The van der Waals surface area contributed by atoms with Crippen molar-refractivity contribution in [1.82, 2.24) is 0 Å². The highest BCUT2D eigenvalue weighted by molar-refractivity contribution is 5.33. The molecule has 202 valence electrons. The molecule has 0 amide bonds. The zero-order chi connectivity index (χ0) is 25.3. The standard InChI is InChI=1S/C33H50F2O/c1-3-5-6-7-24-8-10-25(11-9-24)12-13-26-14-16-27(17-15-26)28-18-20-29(21-19-28)30-22-23-31(36-4-2)33(35)32(30)34/h12-13,22-29H,3-11,14-21H2,1-2H3/b13-12+. The van der Waals surface area contributed by atoms with Crippen molar-refractivity contribution in [3.63, 3.8) is 0 Å². The van der Waals surface area contributed by atoms with Gasteiger partial charge in [0.15, 0.2) is 11.6 Å². The Bertz CT molecular complexity index is 809. The maximum Gasteiger partial charge on any atom is 0.200 e. The normalized spacial score (nSPS) is 31.6. The Kier molecular flexibility index (Phi) is 10.7. The predicted octanol–water partition coefficient (Wildman–Crippen LogP) is 10.4. The van der Waals surface area contributed by atoms with Crippen molar-refractivity contribution in [2.45, 2.75) is 122 Å². The molecule has 0 aromatic heterocycles. The van der Waals surface area contributed by atoms with Crippen molar-refractivity contribution < 1.29 is 13.5 Å². The highest BCUT2D eigenvalue weighted by Crippen LogP contribution is 2.45. The van der Waals surface area contributed by atoms with Crippen molar-refractivity contribution in [3.05, 3.63) is 41.5 Å². The fourth-order valence-corrected chi connectivity index (χ4v) is 7.51. The van der Waals surface area contributed by atoms with E-state index in [-0.39, 0.29) is 11.7 Å². The van der Waals surface area contributed by atoms with Gasteiger partial charge in [-0.15, -0.1) is 0 Å². The summed E-state index contributed by atoms with van der Waals surface area (Å²) in [4.78, 5) is 0. The lowest BCUT2D eigenvalue weighted by atomic mass is 9.68. The number of hydrogen-bond donors (Lipinski definition) is 0. The minimum atomic E-state index is -0.817. The number of hydrogen-bond acceptors (Lipinski definition) is 1. The molecule has 1 nitrogen and oxygen atoms in total. The molecule has 1 aromatic rings. The molecule has 3 aliphatic carbocycles. The topological polar surface area (TPSA) is 9.23 Å². The second-order valence-electron chi connectivity index (χ2n) is 12.2. The van der Waals surface area contributed by atoms with Crippen LogP contribution in [0.3, 0.4) is 0 Å². The lowest BCUT2D eigenvalue weighted by Crippen LogP contribution is -2.25. The lowest BCUT2D eigenvalue weighted by molar-refractivity contribution is 0.170. The van der Waals surface area contributed by atoms with Crippen LogP contribution in [0.4, 0.5) is 8.78 Å². The molecule has 1 aromatic carbocycles. The number of rotatable bonds is 10. The van der Waals surface area contributed by atoms with Gasteiger partial charge in [-0.3, -0.25) is 0 Å². The predicted molar refractivity (Wildman–Crippen MR) is 146 cm³/mol. The van der Waals surface area contributed by atoms with Crippen LogP contribution in [-0.2, 0) is 0 Å². The van der Waals surface area contributed by atoms with E-state index in [9.17, 15) is 8.78 Å². The average Bonchev–Trinajstić information content (AvgIpc) is 2.92. The van der Waals surface area contributed by atoms with E-state index in [1.807, 2.05) is 0 Å². The van der Waals surface area contributed by atoms with E-state index in [4.69, 9.17) is 4.74 Å². The molecule has 3 saturated carbocycles. The smallest absolute Gasteiger partial charge is 0.200 e. The minimum Gasteiger partial charge on any atom is -0.491 e. The second-order valence-corrected chi connectivity index (χ2v) is 12.2. The molecular weight excluding hydrogens is 450 g/mol. The molecular formula is C33H50F2O. The van der Waals surface area contributed by atoms with Gasteiger partial charge in [-0.2, -0.15) is 4.39 Å². The third-order valence-corrected chi connectivity index (χ3v) is 9.83. The van der Waals surface area contributed by atoms with Crippen LogP contribution in [0.5, 0.6) is 5.75 Å². The van der Waals surface area contributed by atoms with Gasteiger partial charge in [0.2, 0.25) is 5.82 Å². The fourth-order valence-electron chi connectivity index (χ4n) is 7.51. The van der Waals surface area contributed by atoms with Crippen molar-refractivity contribution >= 4 is 0 Å². The van der Waals surface area contributed by atoms with Gasteiger partial charge in [-0.05, 0) is 131 Å². The van der Waals surface area contributed by atoms with Crippen LogP contribution < -0.4 is 4.74 Å². The number of unbranched alkanes of at least 4 members (excludes halogenated alkanes) is 2. The monoisotopic (exact) mass is 500 g/mol. The van der Waals surface area contributed by atoms with Crippen molar-refractivity contribution in [2.24, 2.45) is 29.6 Å². The van der Waals surface area contributed by atoms with Crippen molar-refractivity contribution in [3.8, 4) is 5.75 Å². The molecule has 0 radical (unpaired) electrons. The van der Waals surface area contributed by atoms with Gasteiger partial charge < -0.3 is 4.74 Å². The van der Waals surface area contributed by atoms with Crippen LogP contribution in [0.1, 0.15) is 128 Å². The largest absolute Gasteiger partial charge is 0.491 e. The Morgan fingerprint density at radius 3 is 1.89 bits per heavy atom. The van der Waals surface area contributed by atoms with Gasteiger partial charge in [0, 0.05) is 0 Å². The van der Waals surface area contributed by atoms with E-state index in [0.29, 0.717) is 12.2 Å². The van der Waals surface area contributed by atoms with E-state index in [2.05, 4.69) is 19.1 Å². The number of allylic oxidation sites excluding steroid dienone is 2. The molecule has 4 rings (SSSR count). The number of benzene rings is 1. The summed E-state index contributed by atoms with van der Waals surface area (Å²) in [5, 5.41) is 0. The first kappa shape index (κ1) is 27.6. The summed E-state index contributed by atoms with van der Waals surface area (Å²) in [5.74, 6) is 2.87. The molecule has 0 atom stereocenters. The molecule has 0 spiro atoms. The molecule has 0 N–H and O–H groups in total. The van der Waals surface area contributed by atoms with E-state index in [0.717, 1.165) is 55.3 Å². The summed E-state index contributed by atoms with van der Waals surface area (Å²) >= 11 is 0. The summed E-state index contributed by atoms with van der Waals surface area (Å²) in [6.45, 7) is 4.44. The first-order chi connectivity index (χ1) is 17.6. The molecule has 3 aliphatic rings. The molecule has 3 heteroatoms. The first-order valence-electron chi connectivity index (χ1n) is 15.4. The van der Waals surface area contributed by atoms with Gasteiger partial charge in [0.1, 0.15) is 0 Å². The Balaban J connectivity index is 1.16. The molecule has 0 heterocycles. The zero-order valence-electron chi connectivity index (χ0n) is 23.0. The van der Waals surface area contributed by atoms with Crippen LogP contribution in [0, 0.1) is 41.2 Å². The third kappa shape index (κ3) is 7.35. The first-order valence-corrected chi connectivity index (χ1v) is 15.4. The van der Waals surface area contributed by atoms with Crippen LogP contribution >= 0.6 is 0 Å². The van der Waals surface area contributed by atoms with E-state index < -0.39 is 11.6 Å². The summed E-state index contributed by atoms with van der Waals surface area (Å²) < 4.78 is 34.3. The highest BCUT2D eigenvalue weighted by Gasteiger charge is 2.32. The maximum absolute atomic E-state index is 14.7. The van der Waals surface area contributed by atoms with Crippen LogP contribution in [0.2, 0.25) is 0 Å². The van der Waals surface area contributed by atoms with Gasteiger partial charge in [0.05, 0.1) is 6.61 Å². The van der Waals surface area contributed by atoms with Gasteiger partial charge in [-0.1, -0.05) is 50.8 Å². The SMILES string of the molecule is CCCCCC1CCC(/C=C/C2CCC(C3CCC(c4ccc(OCC)c(F)c4F)CC3)CC2)CC1. The summed E-state index contributed by atoms with van der Waals surface area (Å²) in [6, 6.07) is 3.36. The maximum atomic E-state index is 14.7. The number of ether oxygens (including phenoxy) is 1. The third-order valence-electron chi connectivity index (χ3n) is 9.83. The fraction of sp³-hybridized carbons (Fsp3) is 0.758. The van der Waals surface area contributed by atoms with E-state index >= 15 is 0 Å². The Hall–Kier alpha value is -1.38. The molecule has 0 aliphatic heterocycles. The quantitative estimate of drug-likeness (QED) is 0.229. The minimum absolute atomic E-state index is 0.0355. The van der Waals surface area contributed by atoms with Gasteiger partial charge in [-0.25, -0.2) is 4.39 Å². The molecule has 0 bridgehead atoms. The van der Waals surface area contributed by atoms with Crippen molar-refractivity contribution in [1.29, 1.82) is 0 Å². The highest BCUT2D eigenvalue weighted by atomic mass is 19.2. The van der Waals surface area contributed by atoms with Crippen LogP contribution in [0.15, 0.2) is 24.3 Å². The zero-order valence-corrected chi connectivity index (χ0v) is 23.0. The molecule has 0 saturated heterocycles. The van der Waals surface area contributed by atoms with Crippen LogP contribution in [0.25, 0.3) is 0 Å². The summed E-state index contributed by atoms with van der Waals surface area (Å²) in [6.07, 6.45) is 26.2. The van der Waals surface area contributed by atoms with Crippen molar-refractivity contribution in [2.75, 3.05) is 6.61 Å². The molecule has 36 heavy (non-hydrogen) atoms.